The number of hydrogen-bond acceptors (Lipinski definition) is 3. The van der Waals surface area contributed by atoms with Crippen LogP contribution in [0, 0.1) is 6.92 Å². The van der Waals surface area contributed by atoms with Crippen LogP contribution in [-0.2, 0) is 13.0 Å². The number of carbonyl (C=O) groups excluding carboxylic acids is 1. The summed E-state index contributed by atoms with van der Waals surface area (Å²) in [6.07, 6.45) is 0.838. The fourth-order valence-electron chi connectivity index (χ4n) is 3.23. The highest BCUT2D eigenvalue weighted by Gasteiger charge is 2.26. The maximum absolute atomic E-state index is 12.9. The van der Waals surface area contributed by atoms with Crippen LogP contribution in [0.1, 0.15) is 27.2 Å². The number of rotatable bonds is 3. The van der Waals surface area contributed by atoms with Crippen molar-refractivity contribution in [2.75, 3.05) is 11.4 Å². The highest BCUT2D eigenvalue weighted by molar-refractivity contribution is 6.05. The monoisotopic (exact) mass is 345 g/mol. The molecule has 0 fully saturated rings. The highest BCUT2D eigenvalue weighted by Crippen LogP contribution is 2.28. The average molecular weight is 345 g/mol. The molecule has 0 bridgehead atoms. The minimum atomic E-state index is -0.219. The maximum Gasteiger partial charge on any atom is 0.278 e. The Bertz CT molecular complexity index is 1020. The normalized spacial score (nSPS) is 12.9. The van der Waals surface area contributed by atoms with E-state index >= 15 is 0 Å². The van der Waals surface area contributed by atoms with Gasteiger partial charge in [-0.3, -0.25) is 9.59 Å². The molecule has 2 aromatic carbocycles. The summed E-state index contributed by atoms with van der Waals surface area (Å²) in [6, 6.07) is 18.7. The number of benzene rings is 2. The molecule has 5 heteroatoms. The molecule has 0 spiro atoms. The molecule has 0 saturated carbocycles. The summed E-state index contributed by atoms with van der Waals surface area (Å²) in [4.78, 5) is 26.8. The number of para-hydroxylation sites is 1. The summed E-state index contributed by atoms with van der Waals surface area (Å²) in [6.45, 7) is 3.00. The fourth-order valence-corrected chi connectivity index (χ4v) is 3.23. The van der Waals surface area contributed by atoms with Gasteiger partial charge in [-0.15, -0.1) is 0 Å². The Morgan fingerprint density at radius 2 is 1.81 bits per heavy atom. The first-order chi connectivity index (χ1) is 12.6. The van der Waals surface area contributed by atoms with Gasteiger partial charge in [-0.25, -0.2) is 4.68 Å². The zero-order chi connectivity index (χ0) is 18.1. The lowest BCUT2D eigenvalue weighted by Gasteiger charge is -2.17. The molecule has 4 rings (SSSR count). The number of nitrogens with zero attached hydrogens (tertiary/aromatic N) is 3. The molecule has 0 unspecified atom stereocenters. The standard InChI is InChI=1S/C21H19N3O2/c1-15-6-8-16(9-7-15)14-24-20(25)11-10-18(22-24)21(26)23-13-12-17-4-2-3-5-19(17)23/h2-11H,12-14H2,1H3. The second-order valence-electron chi connectivity index (χ2n) is 6.54. The van der Waals surface area contributed by atoms with Gasteiger partial charge >= 0.3 is 0 Å². The molecule has 0 aliphatic carbocycles. The molecule has 5 nitrogen and oxygen atoms in total. The topological polar surface area (TPSA) is 55.2 Å². The fraction of sp³-hybridized carbons (Fsp3) is 0.190. The van der Waals surface area contributed by atoms with Gasteiger partial charge in [0.2, 0.25) is 0 Å². The lowest BCUT2D eigenvalue weighted by molar-refractivity contribution is 0.0982. The van der Waals surface area contributed by atoms with Crippen LogP contribution < -0.4 is 10.5 Å². The molecule has 0 saturated heterocycles. The second-order valence-corrected chi connectivity index (χ2v) is 6.54. The molecule has 0 N–H and O–H groups in total. The summed E-state index contributed by atoms with van der Waals surface area (Å²) in [5.74, 6) is -0.174. The Morgan fingerprint density at radius 1 is 1.04 bits per heavy atom. The van der Waals surface area contributed by atoms with Gasteiger partial charge in [0.1, 0.15) is 5.69 Å². The zero-order valence-corrected chi connectivity index (χ0v) is 14.6. The zero-order valence-electron chi connectivity index (χ0n) is 14.6. The summed E-state index contributed by atoms with van der Waals surface area (Å²) in [5, 5.41) is 4.32. The molecular formula is C21H19N3O2. The van der Waals surface area contributed by atoms with E-state index in [1.165, 1.54) is 16.8 Å². The van der Waals surface area contributed by atoms with Crippen molar-refractivity contribution in [2.24, 2.45) is 0 Å². The first kappa shape index (κ1) is 16.3. The SMILES string of the molecule is Cc1ccc(Cn2nc(C(=O)N3CCc4ccccc43)ccc2=O)cc1. The number of carbonyl (C=O) groups is 1. The van der Waals surface area contributed by atoms with Crippen molar-refractivity contribution in [3.05, 3.63) is 93.4 Å². The average Bonchev–Trinajstić information content (AvgIpc) is 3.09. The van der Waals surface area contributed by atoms with E-state index in [-0.39, 0.29) is 17.2 Å². The van der Waals surface area contributed by atoms with E-state index in [1.807, 2.05) is 55.5 Å². The van der Waals surface area contributed by atoms with Gasteiger partial charge in [0, 0.05) is 18.3 Å². The molecule has 130 valence electrons. The summed E-state index contributed by atoms with van der Waals surface area (Å²) in [5.41, 5.74) is 4.29. The lowest BCUT2D eigenvalue weighted by Crippen LogP contribution is -2.32. The predicted molar refractivity (Wildman–Crippen MR) is 101 cm³/mol. The van der Waals surface area contributed by atoms with Gasteiger partial charge < -0.3 is 4.90 Å². The molecule has 1 amide bonds. The Morgan fingerprint density at radius 3 is 2.62 bits per heavy atom. The van der Waals surface area contributed by atoms with Gasteiger partial charge in [0.05, 0.1) is 6.54 Å². The van der Waals surface area contributed by atoms with Crippen molar-refractivity contribution in [2.45, 2.75) is 19.9 Å². The summed E-state index contributed by atoms with van der Waals surface area (Å²) >= 11 is 0. The molecule has 1 aliphatic heterocycles. The van der Waals surface area contributed by atoms with Gasteiger partial charge in [0.15, 0.2) is 0 Å². The van der Waals surface area contributed by atoms with Crippen molar-refractivity contribution in [1.82, 2.24) is 9.78 Å². The quantitative estimate of drug-likeness (QED) is 0.733. The molecule has 26 heavy (non-hydrogen) atoms. The molecule has 0 radical (unpaired) electrons. The van der Waals surface area contributed by atoms with Crippen LogP contribution in [0.25, 0.3) is 0 Å². The number of fused-ring (bicyclic) bond motifs is 1. The number of aromatic nitrogens is 2. The predicted octanol–water partition coefficient (Wildman–Crippen LogP) is 2.80. The molecule has 1 aromatic heterocycles. The molecule has 2 heterocycles. The Hall–Kier alpha value is -3.21. The molecule has 0 atom stereocenters. The van der Waals surface area contributed by atoms with Crippen LogP contribution in [0.3, 0.4) is 0 Å². The number of hydrogen-bond donors (Lipinski definition) is 0. The number of amides is 1. The van der Waals surface area contributed by atoms with Crippen molar-refractivity contribution >= 4 is 11.6 Å². The van der Waals surface area contributed by atoms with Crippen molar-refractivity contribution in [3.63, 3.8) is 0 Å². The van der Waals surface area contributed by atoms with E-state index in [1.54, 1.807) is 4.90 Å². The van der Waals surface area contributed by atoms with E-state index in [4.69, 9.17) is 0 Å². The number of aryl methyl sites for hydroxylation is 1. The van der Waals surface area contributed by atoms with Crippen LogP contribution in [0.2, 0.25) is 0 Å². The molecule has 1 aliphatic rings. The largest absolute Gasteiger partial charge is 0.306 e. The Labute approximate surface area is 151 Å². The lowest BCUT2D eigenvalue weighted by atomic mass is 10.1. The van der Waals surface area contributed by atoms with E-state index in [2.05, 4.69) is 5.10 Å². The van der Waals surface area contributed by atoms with E-state index in [0.717, 1.165) is 28.8 Å². The smallest absolute Gasteiger partial charge is 0.278 e. The van der Waals surface area contributed by atoms with E-state index in [0.29, 0.717) is 13.1 Å². The third-order valence-electron chi connectivity index (χ3n) is 4.67. The van der Waals surface area contributed by atoms with Gasteiger partial charge in [-0.2, -0.15) is 5.10 Å². The highest BCUT2D eigenvalue weighted by atomic mass is 16.2. The van der Waals surface area contributed by atoms with Crippen LogP contribution in [0.4, 0.5) is 5.69 Å². The third-order valence-corrected chi connectivity index (χ3v) is 4.67. The van der Waals surface area contributed by atoms with Crippen LogP contribution in [-0.4, -0.2) is 22.2 Å². The van der Waals surface area contributed by atoms with Crippen molar-refractivity contribution < 1.29 is 4.79 Å². The van der Waals surface area contributed by atoms with Crippen molar-refractivity contribution in [1.29, 1.82) is 0 Å². The summed E-state index contributed by atoms with van der Waals surface area (Å²) < 4.78 is 1.35. The first-order valence-corrected chi connectivity index (χ1v) is 8.65. The Balaban J connectivity index is 1.63. The minimum absolute atomic E-state index is 0.174. The van der Waals surface area contributed by atoms with Crippen LogP contribution in [0.5, 0.6) is 0 Å². The maximum atomic E-state index is 12.9. The van der Waals surface area contributed by atoms with E-state index < -0.39 is 0 Å². The summed E-state index contributed by atoms with van der Waals surface area (Å²) in [7, 11) is 0. The van der Waals surface area contributed by atoms with Crippen LogP contribution in [0.15, 0.2) is 65.5 Å². The molecule has 3 aromatic rings. The molecular weight excluding hydrogens is 326 g/mol. The third kappa shape index (κ3) is 3.04. The van der Waals surface area contributed by atoms with Crippen LogP contribution >= 0.6 is 0 Å². The van der Waals surface area contributed by atoms with Gasteiger partial charge in [-0.1, -0.05) is 48.0 Å². The van der Waals surface area contributed by atoms with Crippen molar-refractivity contribution in [3.8, 4) is 0 Å². The second kappa shape index (κ2) is 6.59. The van der Waals surface area contributed by atoms with Gasteiger partial charge in [-0.05, 0) is 36.6 Å². The first-order valence-electron chi connectivity index (χ1n) is 8.65. The number of anilines is 1. The Kier molecular flexibility index (Phi) is 4.13. The van der Waals surface area contributed by atoms with Gasteiger partial charge in [0.25, 0.3) is 11.5 Å². The minimum Gasteiger partial charge on any atom is -0.306 e. The van der Waals surface area contributed by atoms with E-state index in [9.17, 15) is 9.59 Å².